The van der Waals surface area contributed by atoms with E-state index < -0.39 is 11.4 Å². The molecule has 1 N–H and O–H groups in total. The molecule has 1 spiro atoms. The van der Waals surface area contributed by atoms with E-state index in [0.29, 0.717) is 18.1 Å². The Morgan fingerprint density at radius 3 is 2.66 bits per heavy atom. The summed E-state index contributed by atoms with van der Waals surface area (Å²) in [5, 5.41) is 9.72. The van der Waals surface area contributed by atoms with Gasteiger partial charge in [-0.2, -0.15) is 0 Å². The highest BCUT2D eigenvalue weighted by Crippen LogP contribution is 2.66. The molecule has 2 heterocycles. The first-order chi connectivity index (χ1) is 14.0. The van der Waals surface area contributed by atoms with E-state index in [1.807, 2.05) is 53.4 Å². The number of aromatic carboxylic acids is 1. The number of carbonyl (C=O) groups is 2. The number of anilines is 1. The van der Waals surface area contributed by atoms with Crippen LogP contribution in [0.4, 0.5) is 5.69 Å². The van der Waals surface area contributed by atoms with Crippen molar-refractivity contribution in [3.63, 3.8) is 0 Å². The number of para-hydroxylation sites is 1. The molecular formula is C22H18ClN3O3. The van der Waals surface area contributed by atoms with Gasteiger partial charge in [0, 0.05) is 35.9 Å². The van der Waals surface area contributed by atoms with Crippen molar-refractivity contribution in [1.82, 2.24) is 9.55 Å². The van der Waals surface area contributed by atoms with Gasteiger partial charge in [0.2, 0.25) is 5.91 Å². The fourth-order valence-electron chi connectivity index (χ4n) is 4.48. The standard InChI is InChI=1S/C22H18ClN3O3/c23-15-7-5-14(6-8-15)17-11-22(17)16-3-1-2-4-19(16)26(21(22)29)10-9-25-12-18(20(27)28)24-13-25/h1-8,12-13,17H,9-11H2,(H,27,28)/t17-,22-/m1/s1. The van der Waals surface area contributed by atoms with Crippen LogP contribution < -0.4 is 4.90 Å². The van der Waals surface area contributed by atoms with Gasteiger partial charge >= 0.3 is 5.97 Å². The number of rotatable bonds is 5. The molecule has 146 valence electrons. The predicted octanol–water partition coefficient (Wildman–Crippen LogP) is 3.71. The summed E-state index contributed by atoms with van der Waals surface area (Å²) in [6, 6.07) is 15.7. The van der Waals surface area contributed by atoms with Crippen LogP contribution in [0.25, 0.3) is 0 Å². The van der Waals surface area contributed by atoms with Crippen LogP contribution in [0.1, 0.15) is 34.0 Å². The lowest BCUT2D eigenvalue weighted by atomic mass is 9.92. The molecule has 0 unspecified atom stereocenters. The van der Waals surface area contributed by atoms with Gasteiger partial charge in [-0.15, -0.1) is 0 Å². The molecule has 1 saturated carbocycles. The summed E-state index contributed by atoms with van der Waals surface area (Å²) >= 11 is 6.02. The number of hydrogen-bond donors (Lipinski definition) is 1. The SMILES string of the molecule is O=C(O)c1cn(CCN2C(=O)[C@]3(C[C@@H]3c3ccc(Cl)cc3)c3ccccc32)cn1. The topological polar surface area (TPSA) is 75.4 Å². The average Bonchev–Trinajstić information content (AvgIpc) is 3.20. The molecule has 1 fully saturated rings. The molecule has 7 heteroatoms. The summed E-state index contributed by atoms with van der Waals surface area (Å²) in [4.78, 5) is 30.2. The van der Waals surface area contributed by atoms with Gasteiger partial charge in [-0.25, -0.2) is 9.78 Å². The van der Waals surface area contributed by atoms with Crippen molar-refractivity contribution in [2.45, 2.75) is 24.3 Å². The van der Waals surface area contributed by atoms with Gasteiger partial charge in [-0.3, -0.25) is 4.79 Å². The predicted molar refractivity (Wildman–Crippen MR) is 108 cm³/mol. The number of imidazole rings is 1. The van der Waals surface area contributed by atoms with Gasteiger partial charge in [0.05, 0.1) is 11.7 Å². The Hall–Kier alpha value is -3.12. The maximum Gasteiger partial charge on any atom is 0.356 e. The maximum atomic E-state index is 13.5. The third-order valence-electron chi connectivity index (χ3n) is 5.97. The zero-order valence-electron chi connectivity index (χ0n) is 15.5. The van der Waals surface area contributed by atoms with Gasteiger partial charge < -0.3 is 14.6 Å². The Morgan fingerprint density at radius 1 is 1.17 bits per heavy atom. The fourth-order valence-corrected chi connectivity index (χ4v) is 4.60. The largest absolute Gasteiger partial charge is 0.476 e. The molecule has 1 aliphatic heterocycles. The minimum absolute atomic E-state index is 0.000357. The average molecular weight is 408 g/mol. The summed E-state index contributed by atoms with van der Waals surface area (Å²) in [5.74, 6) is -0.809. The number of benzene rings is 2. The van der Waals surface area contributed by atoms with Crippen molar-refractivity contribution < 1.29 is 14.7 Å². The summed E-state index contributed by atoms with van der Waals surface area (Å²) in [6.45, 7) is 0.933. The quantitative estimate of drug-likeness (QED) is 0.699. The Morgan fingerprint density at radius 2 is 1.93 bits per heavy atom. The zero-order chi connectivity index (χ0) is 20.2. The smallest absolute Gasteiger partial charge is 0.356 e. The number of carbonyl (C=O) groups excluding carboxylic acids is 1. The number of fused-ring (bicyclic) bond motifs is 2. The lowest BCUT2D eigenvalue weighted by Gasteiger charge is -2.18. The molecule has 0 saturated heterocycles. The van der Waals surface area contributed by atoms with E-state index in [-0.39, 0.29) is 17.5 Å². The summed E-state index contributed by atoms with van der Waals surface area (Å²) in [5.41, 5.74) is 2.63. The van der Waals surface area contributed by atoms with Crippen LogP contribution in [-0.2, 0) is 16.8 Å². The lowest BCUT2D eigenvalue weighted by molar-refractivity contribution is -0.120. The van der Waals surface area contributed by atoms with Crippen molar-refractivity contribution in [2.75, 3.05) is 11.4 Å². The highest BCUT2D eigenvalue weighted by molar-refractivity contribution is 6.30. The maximum absolute atomic E-state index is 13.5. The van der Waals surface area contributed by atoms with E-state index in [0.717, 1.165) is 23.2 Å². The van der Waals surface area contributed by atoms with Crippen LogP contribution in [0.5, 0.6) is 0 Å². The van der Waals surface area contributed by atoms with Crippen LogP contribution in [0.3, 0.4) is 0 Å². The number of aromatic nitrogens is 2. The number of amides is 1. The number of carboxylic acids is 1. The molecule has 2 aliphatic rings. The third-order valence-corrected chi connectivity index (χ3v) is 6.22. The first-order valence-electron chi connectivity index (χ1n) is 9.43. The molecular weight excluding hydrogens is 390 g/mol. The van der Waals surface area contributed by atoms with Crippen LogP contribution in [0.15, 0.2) is 61.1 Å². The molecule has 2 atom stereocenters. The molecule has 6 nitrogen and oxygen atoms in total. The second kappa shape index (κ2) is 6.46. The molecule has 0 radical (unpaired) electrons. The summed E-state index contributed by atoms with van der Waals surface area (Å²) in [7, 11) is 0. The van der Waals surface area contributed by atoms with Gasteiger partial charge in [0.1, 0.15) is 0 Å². The van der Waals surface area contributed by atoms with Gasteiger partial charge in [0.25, 0.3) is 0 Å². The molecule has 1 amide bonds. The van der Waals surface area contributed by atoms with E-state index in [1.54, 1.807) is 4.57 Å². The van der Waals surface area contributed by atoms with Gasteiger partial charge in [0.15, 0.2) is 5.69 Å². The van der Waals surface area contributed by atoms with E-state index in [1.165, 1.54) is 12.5 Å². The second-order valence-corrected chi connectivity index (χ2v) is 7.99. The normalized spacial score (nSPS) is 22.2. The molecule has 2 aromatic carbocycles. The fraction of sp³-hybridized carbons (Fsp3) is 0.227. The van der Waals surface area contributed by atoms with E-state index in [4.69, 9.17) is 16.7 Å². The van der Waals surface area contributed by atoms with Crippen LogP contribution in [0.2, 0.25) is 5.02 Å². The van der Waals surface area contributed by atoms with Crippen molar-refractivity contribution in [1.29, 1.82) is 0 Å². The van der Waals surface area contributed by atoms with Crippen LogP contribution in [-0.4, -0.2) is 33.1 Å². The first kappa shape index (κ1) is 17.9. The monoisotopic (exact) mass is 407 g/mol. The number of hydrogen-bond acceptors (Lipinski definition) is 3. The Balaban J connectivity index is 1.42. The molecule has 5 rings (SSSR count). The molecule has 1 aromatic heterocycles. The third kappa shape index (κ3) is 2.75. The molecule has 0 bridgehead atoms. The summed E-state index contributed by atoms with van der Waals surface area (Å²) in [6.07, 6.45) is 3.76. The van der Waals surface area contributed by atoms with Crippen molar-refractivity contribution >= 4 is 29.2 Å². The molecule has 3 aromatic rings. The number of halogens is 1. The lowest BCUT2D eigenvalue weighted by Crippen LogP contribution is -2.35. The Bertz CT molecular complexity index is 1120. The second-order valence-electron chi connectivity index (χ2n) is 7.56. The molecule has 1 aliphatic carbocycles. The first-order valence-corrected chi connectivity index (χ1v) is 9.80. The Kier molecular flexibility index (Phi) is 3.99. The number of carboxylic acid groups (broad SMARTS) is 1. The van der Waals surface area contributed by atoms with E-state index in [2.05, 4.69) is 4.98 Å². The van der Waals surface area contributed by atoms with E-state index >= 15 is 0 Å². The minimum Gasteiger partial charge on any atom is -0.476 e. The zero-order valence-corrected chi connectivity index (χ0v) is 16.2. The Labute approximate surface area is 172 Å². The van der Waals surface area contributed by atoms with Crippen LogP contribution in [0, 0.1) is 0 Å². The van der Waals surface area contributed by atoms with Crippen molar-refractivity contribution in [3.8, 4) is 0 Å². The van der Waals surface area contributed by atoms with Crippen LogP contribution >= 0.6 is 11.6 Å². The highest BCUT2D eigenvalue weighted by atomic mass is 35.5. The summed E-state index contributed by atoms with van der Waals surface area (Å²) < 4.78 is 1.70. The minimum atomic E-state index is -1.06. The van der Waals surface area contributed by atoms with Gasteiger partial charge in [-0.1, -0.05) is 41.9 Å². The number of nitrogens with zero attached hydrogens (tertiary/aromatic N) is 3. The molecule has 29 heavy (non-hydrogen) atoms. The highest BCUT2D eigenvalue weighted by Gasteiger charge is 2.66. The van der Waals surface area contributed by atoms with Gasteiger partial charge in [-0.05, 0) is 35.7 Å². The van der Waals surface area contributed by atoms with Crippen molar-refractivity contribution in [2.24, 2.45) is 0 Å². The van der Waals surface area contributed by atoms with E-state index in [9.17, 15) is 9.59 Å². The van der Waals surface area contributed by atoms with Crippen molar-refractivity contribution in [3.05, 3.63) is 82.9 Å².